The molecule has 0 aromatic carbocycles. The summed E-state index contributed by atoms with van der Waals surface area (Å²) in [4.78, 5) is 24.8. The number of rotatable bonds is 7. The maximum atomic E-state index is 13.0. The van der Waals surface area contributed by atoms with Crippen LogP contribution >= 0.6 is 0 Å². The van der Waals surface area contributed by atoms with E-state index < -0.39 is 17.8 Å². The van der Waals surface area contributed by atoms with E-state index in [1.165, 1.54) is 12.8 Å². The van der Waals surface area contributed by atoms with E-state index in [1.807, 2.05) is 6.92 Å². The van der Waals surface area contributed by atoms with Gasteiger partial charge in [-0.3, -0.25) is 9.59 Å². The van der Waals surface area contributed by atoms with Gasteiger partial charge in [-0.2, -0.15) is 0 Å². The quantitative estimate of drug-likeness (QED) is 0.589. The highest BCUT2D eigenvalue weighted by molar-refractivity contribution is 5.81. The van der Waals surface area contributed by atoms with Gasteiger partial charge in [0, 0.05) is 0 Å². The van der Waals surface area contributed by atoms with Gasteiger partial charge in [0.05, 0.1) is 11.8 Å². The van der Waals surface area contributed by atoms with Crippen LogP contribution in [-0.2, 0) is 14.3 Å². The Morgan fingerprint density at radius 1 is 1.00 bits per heavy atom. The maximum absolute atomic E-state index is 13.0. The molecule has 4 heteroatoms. The van der Waals surface area contributed by atoms with Crippen LogP contribution < -0.4 is 0 Å². The number of carbonyl (C=O) groups excluding carboxylic acids is 1. The van der Waals surface area contributed by atoms with Gasteiger partial charge in [0.2, 0.25) is 0 Å². The van der Waals surface area contributed by atoms with E-state index in [0.717, 1.165) is 38.0 Å². The number of aliphatic carboxylic acids is 1. The first-order valence-electron chi connectivity index (χ1n) is 11.1. The molecule has 2 saturated carbocycles. The molecule has 27 heavy (non-hydrogen) atoms. The lowest BCUT2D eigenvalue weighted by Gasteiger charge is -2.37. The zero-order valence-electron chi connectivity index (χ0n) is 17.9. The van der Waals surface area contributed by atoms with Gasteiger partial charge in [0.25, 0.3) is 0 Å². The summed E-state index contributed by atoms with van der Waals surface area (Å²) in [5.74, 6) is 0.0873. The molecule has 0 bridgehead atoms. The van der Waals surface area contributed by atoms with Gasteiger partial charge in [-0.25, -0.2) is 0 Å². The van der Waals surface area contributed by atoms with Gasteiger partial charge in [-0.15, -0.1) is 0 Å². The van der Waals surface area contributed by atoms with Gasteiger partial charge < -0.3 is 9.84 Å². The van der Waals surface area contributed by atoms with E-state index in [1.54, 1.807) is 0 Å². The van der Waals surface area contributed by atoms with Crippen molar-refractivity contribution in [1.29, 1.82) is 0 Å². The number of ether oxygens (including phenoxy) is 1. The standard InChI is InChI=1S/C23H40O4/c1-14(2)17(5)13-20(18-11-9-15(3)10-12-18)27-23(26)19-8-6-7-16(4)21(19)22(24)25/h14-21H,6-13H2,1-5H3,(H,24,25). The summed E-state index contributed by atoms with van der Waals surface area (Å²) in [5.41, 5.74) is 0. The summed E-state index contributed by atoms with van der Waals surface area (Å²) >= 11 is 0. The van der Waals surface area contributed by atoms with Crippen molar-refractivity contribution in [3.8, 4) is 0 Å². The molecule has 2 aliphatic carbocycles. The largest absolute Gasteiger partial charge is 0.481 e. The molecule has 0 spiro atoms. The van der Waals surface area contributed by atoms with Crippen LogP contribution in [0.1, 0.15) is 86.0 Å². The lowest BCUT2D eigenvalue weighted by Crippen LogP contribution is -2.41. The summed E-state index contributed by atoms with van der Waals surface area (Å²) < 4.78 is 6.11. The van der Waals surface area contributed by atoms with E-state index in [-0.39, 0.29) is 18.0 Å². The normalized spacial score (nSPS) is 34.1. The van der Waals surface area contributed by atoms with E-state index in [4.69, 9.17) is 4.74 Å². The summed E-state index contributed by atoms with van der Waals surface area (Å²) in [6.45, 7) is 10.9. The summed E-state index contributed by atoms with van der Waals surface area (Å²) in [6.07, 6.45) is 7.92. The molecule has 0 saturated heterocycles. The molecule has 0 heterocycles. The van der Waals surface area contributed by atoms with Crippen LogP contribution in [0.2, 0.25) is 0 Å². The first-order chi connectivity index (χ1) is 12.7. The molecular weight excluding hydrogens is 340 g/mol. The van der Waals surface area contributed by atoms with Crippen molar-refractivity contribution in [2.75, 3.05) is 0 Å². The summed E-state index contributed by atoms with van der Waals surface area (Å²) in [5, 5.41) is 9.65. The Balaban J connectivity index is 2.10. The molecule has 0 amide bonds. The van der Waals surface area contributed by atoms with Gasteiger partial charge in [0.1, 0.15) is 6.10 Å². The van der Waals surface area contributed by atoms with E-state index in [2.05, 4.69) is 27.7 Å². The van der Waals surface area contributed by atoms with Crippen LogP contribution in [0.15, 0.2) is 0 Å². The Kier molecular flexibility index (Phi) is 8.18. The van der Waals surface area contributed by atoms with Crippen molar-refractivity contribution < 1.29 is 19.4 Å². The minimum absolute atomic E-state index is 0.0392. The molecule has 156 valence electrons. The highest BCUT2D eigenvalue weighted by Gasteiger charge is 2.42. The lowest BCUT2D eigenvalue weighted by molar-refractivity contribution is -0.169. The fraction of sp³-hybridized carbons (Fsp3) is 0.913. The second-order valence-electron chi connectivity index (χ2n) is 9.83. The molecule has 1 N–H and O–H groups in total. The zero-order valence-corrected chi connectivity index (χ0v) is 17.9. The highest BCUT2D eigenvalue weighted by atomic mass is 16.5. The second kappa shape index (κ2) is 9.93. The van der Waals surface area contributed by atoms with Crippen LogP contribution in [0.3, 0.4) is 0 Å². The number of hydrogen-bond acceptors (Lipinski definition) is 3. The molecule has 0 aromatic rings. The first-order valence-corrected chi connectivity index (χ1v) is 11.1. The van der Waals surface area contributed by atoms with E-state index in [0.29, 0.717) is 24.2 Å². The minimum atomic E-state index is -0.845. The Morgan fingerprint density at radius 2 is 1.63 bits per heavy atom. The molecule has 2 rings (SSSR count). The lowest BCUT2D eigenvalue weighted by atomic mass is 9.72. The van der Waals surface area contributed by atoms with Crippen LogP contribution in [0, 0.1) is 41.4 Å². The van der Waals surface area contributed by atoms with Crippen molar-refractivity contribution in [1.82, 2.24) is 0 Å². The van der Waals surface area contributed by atoms with E-state index in [9.17, 15) is 14.7 Å². The fourth-order valence-corrected chi connectivity index (χ4v) is 4.97. The predicted octanol–water partition coefficient (Wildman–Crippen LogP) is 5.54. The minimum Gasteiger partial charge on any atom is -0.481 e. The second-order valence-corrected chi connectivity index (χ2v) is 9.83. The van der Waals surface area contributed by atoms with Crippen LogP contribution in [-0.4, -0.2) is 23.1 Å². The molecule has 0 aromatic heterocycles. The van der Waals surface area contributed by atoms with Crippen LogP contribution in [0.5, 0.6) is 0 Å². The molecule has 5 unspecified atom stereocenters. The number of hydrogen-bond donors (Lipinski definition) is 1. The first kappa shape index (κ1) is 22.2. The van der Waals surface area contributed by atoms with Crippen molar-refractivity contribution in [2.45, 2.75) is 92.1 Å². The van der Waals surface area contributed by atoms with Crippen LogP contribution in [0.25, 0.3) is 0 Å². The molecule has 2 fully saturated rings. The predicted molar refractivity (Wildman–Crippen MR) is 107 cm³/mol. The van der Waals surface area contributed by atoms with Crippen molar-refractivity contribution in [3.63, 3.8) is 0 Å². The van der Waals surface area contributed by atoms with Crippen molar-refractivity contribution in [2.24, 2.45) is 41.4 Å². The summed E-state index contributed by atoms with van der Waals surface area (Å²) in [7, 11) is 0. The topological polar surface area (TPSA) is 63.6 Å². The Bertz CT molecular complexity index is 493. The third kappa shape index (κ3) is 5.96. The molecule has 0 aliphatic heterocycles. The smallest absolute Gasteiger partial charge is 0.310 e. The molecule has 0 radical (unpaired) electrons. The van der Waals surface area contributed by atoms with Gasteiger partial charge in [-0.05, 0) is 61.7 Å². The zero-order chi connectivity index (χ0) is 20.1. The molecule has 4 nitrogen and oxygen atoms in total. The SMILES string of the molecule is CC1CCC(C(CC(C)C(C)C)OC(=O)C2CCCC(C)C2C(=O)O)CC1. The van der Waals surface area contributed by atoms with Crippen LogP contribution in [0.4, 0.5) is 0 Å². The van der Waals surface area contributed by atoms with Gasteiger partial charge in [0.15, 0.2) is 0 Å². The number of carbonyl (C=O) groups is 2. The van der Waals surface area contributed by atoms with Crippen molar-refractivity contribution >= 4 is 11.9 Å². The monoisotopic (exact) mass is 380 g/mol. The van der Waals surface area contributed by atoms with E-state index >= 15 is 0 Å². The van der Waals surface area contributed by atoms with Gasteiger partial charge >= 0.3 is 11.9 Å². The third-order valence-corrected chi connectivity index (χ3v) is 7.41. The third-order valence-electron chi connectivity index (χ3n) is 7.41. The average molecular weight is 381 g/mol. The summed E-state index contributed by atoms with van der Waals surface area (Å²) in [6, 6.07) is 0. The Hall–Kier alpha value is -1.06. The van der Waals surface area contributed by atoms with Gasteiger partial charge in [-0.1, -0.05) is 53.9 Å². The highest BCUT2D eigenvalue weighted by Crippen LogP contribution is 2.39. The number of carboxylic acid groups (broad SMARTS) is 1. The molecule has 5 atom stereocenters. The Morgan fingerprint density at radius 3 is 2.19 bits per heavy atom. The molecule has 2 aliphatic rings. The Labute approximate surface area is 165 Å². The number of carboxylic acids is 1. The van der Waals surface area contributed by atoms with Crippen molar-refractivity contribution in [3.05, 3.63) is 0 Å². The fourth-order valence-electron chi connectivity index (χ4n) is 4.97. The number of esters is 1. The molecular formula is C23H40O4. The maximum Gasteiger partial charge on any atom is 0.310 e. The average Bonchev–Trinajstić information content (AvgIpc) is 2.61.